The molecule has 144 valence electrons. The maximum atomic E-state index is 12.5. The van der Waals surface area contributed by atoms with Crippen molar-refractivity contribution in [3.05, 3.63) is 23.2 Å². The fourth-order valence-electron chi connectivity index (χ4n) is 3.70. The molecule has 2 heterocycles. The Hall–Kier alpha value is -1.54. The normalized spacial score (nSPS) is 28.0. The van der Waals surface area contributed by atoms with E-state index in [9.17, 15) is 15.0 Å². The highest BCUT2D eigenvalue weighted by atomic mass is 35.5. The summed E-state index contributed by atoms with van der Waals surface area (Å²) in [5.74, 6) is 0.542. The quantitative estimate of drug-likeness (QED) is 0.727. The number of nitrogens with zero attached hydrogens (tertiary/aromatic N) is 1. The van der Waals surface area contributed by atoms with Crippen LogP contribution in [0.3, 0.4) is 0 Å². The third-order valence-electron chi connectivity index (χ3n) is 5.39. The average molecular weight is 385 g/mol. The van der Waals surface area contributed by atoms with Crippen LogP contribution in [0.4, 0.5) is 10.5 Å². The second-order valence-corrected chi connectivity index (χ2v) is 7.60. The molecule has 1 spiro atoms. The minimum Gasteiger partial charge on any atom is -0.495 e. The first-order valence-electron chi connectivity index (χ1n) is 8.71. The number of benzene rings is 1. The molecule has 3 N–H and O–H groups in total. The highest BCUT2D eigenvalue weighted by Crippen LogP contribution is 2.39. The lowest BCUT2D eigenvalue weighted by atomic mass is 9.75. The zero-order chi connectivity index (χ0) is 18.9. The summed E-state index contributed by atoms with van der Waals surface area (Å²) in [6.45, 7) is 2.90. The van der Waals surface area contributed by atoms with Gasteiger partial charge in [-0.15, -0.1) is 0 Å². The number of carbonyl (C=O) groups excluding carboxylic acids is 1. The molecule has 3 rings (SSSR count). The maximum absolute atomic E-state index is 12.5. The number of amides is 2. The van der Waals surface area contributed by atoms with E-state index in [1.54, 1.807) is 30.0 Å². The smallest absolute Gasteiger partial charge is 0.321 e. The molecule has 2 aliphatic heterocycles. The SMILES string of the molecule is COc1ccc(NC(=O)N2CCC3(CC2)OCC[C@@](C)(O)[C@@H]3O)cc1Cl. The van der Waals surface area contributed by atoms with Crippen LogP contribution in [0, 0.1) is 0 Å². The van der Waals surface area contributed by atoms with Gasteiger partial charge in [0.05, 0.1) is 24.3 Å². The molecule has 0 unspecified atom stereocenters. The number of nitrogens with one attached hydrogen (secondary N) is 1. The molecule has 0 radical (unpaired) electrons. The van der Waals surface area contributed by atoms with Gasteiger partial charge in [-0.05, 0) is 38.0 Å². The number of urea groups is 1. The van der Waals surface area contributed by atoms with Gasteiger partial charge in [-0.2, -0.15) is 0 Å². The van der Waals surface area contributed by atoms with Gasteiger partial charge < -0.3 is 29.9 Å². The summed E-state index contributed by atoms with van der Waals surface area (Å²) in [5.41, 5.74) is -1.37. The van der Waals surface area contributed by atoms with Gasteiger partial charge in [0, 0.05) is 25.2 Å². The van der Waals surface area contributed by atoms with E-state index in [1.165, 1.54) is 7.11 Å². The maximum Gasteiger partial charge on any atom is 0.321 e. The van der Waals surface area contributed by atoms with Gasteiger partial charge in [-0.25, -0.2) is 4.79 Å². The summed E-state index contributed by atoms with van der Waals surface area (Å²) in [4.78, 5) is 14.2. The molecule has 2 atom stereocenters. The number of piperidine rings is 1. The van der Waals surface area contributed by atoms with E-state index in [2.05, 4.69) is 5.32 Å². The van der Waals surface area contributed by atoms with Crippen LogP contribution in [0.25, 0.3) is 0 Å². The lowest BCUT2D eigenvalue weighted by molar-refractivity contribution is -0.244. The van der Waals surface area contributed by atoms with Gasteiger partial charge in [0.25, 0.3) is 0 Å². The second kappa shape index (κ2) is 7.23. The van der Waals surface area contributed by atoms with Gasteiger partial charge in [0.1, 0.15) is 17.5 Å². The van der Waals surface area contributed by atoms with E-state index in [-0.39, 0.29) is 6.03 Å². The molecule has 0 aromatic heterocycles. The molecule has 26 heavy (non-hydrogen) atoms. The van der Waals surface area contributed by atoms with Gasteiger partial charge >= 0.3 is 6.03 Å². The van der Waals surface area contributed by atoms with E-state index in [1.807, 2.05) is 0 Å². The monoisotopic (exact) mass is 384 g/mol. The van der Waals surface area contributed by atoms with Crippen LogP contribution in [0.5, 0.6) is 5.75 Å². The first-order chi connectivity index (χ1) is 12.3. The minimum atomic E-state index is -1.16. The number of likely N-dealkylation sites (tertiary alicyclic amines) is 1. The van der Waals surface area contributed by atoms with Gasteiger partial charge in [-0.1, -0.05) is 11.6 Å². The van der Waals surface area contributed by atoms with Gasteiger partial charge in [-0.3, -0.25) is 0 Å². The summed E-state index contributed by atoms with van der Waals surface area (Å²) in [7, 11) is 1.53. The first kappa shape index (κ1) is 19.2. The van der Waals surface area contributed by atoms with Crippen molar-refractivity contribution < 1.29 is 24.5 Å². The fraction of sp³-hybridized carbons (Fsp3) is 0.611. The lowest BCUT2D eigenvalue weighted by Crippen LogP contribution is -2.64. The number of halogens is 1. The van der Waals surface area contributed by atoms with Crippen molar-refractivity contribution in [2.24, 2.45) is 0 Å². The summed E-state index contributed by atoms with van der Waals surface area (Å²) in [6.07, 6.45) is 0.384. The second-order valence-electron chi connectivity index (χ2n) is 7.19. The number of ether oxygens (including phenoxy) is 2. The number of anilines is 1. The van der Waals surface area contributed by atoms with Crippen molar-refractivity contribution in [1.82, 2.24) is 4.90 Å². The van der Waals surface area contributed by atoms with Crippen LogP contribution >= 0.6 is 11.6 Å². The van der Waals surface area contributed by atoms with E-state index >= 15 is 0 Å². The largest absolute Gasteiger partial charge is 0.495 e. The predicted molar refractivity (Wildman–Crippen MR) is 97.8 cm³/mol. The lowest BCUT2D eigenvalue weighted by Gasteiger charge is -2.51. The highest BCUT2D eigenvalue weighted by Gasteiger charge is 2.52. The third kappa shape index (κ3) is 3.62. The number of carbonyl (C=O) groups is 1. The topological polar surface area (TPSA) is 91.3 Å². The zero-order valence-corrected chi connectivity index (χ0v) is 15.8. The average Bonchev–Trinajstić information content (AvgIpc) is 2.60. The van der Waals surface area contributed by atoms with Gasteiger partial charge in [0.15, 0.2) is 0 Å². The van der Waals surface area contributed by atoms with Crippen molar-refractivity contribution in [2.75, 3.05) is 32.1 Å². The Kier molecular flexibility index (Phi) is 5.35. The Morgan fingerprint density at radius 3 is 2.69 bits per heavy atom. The molecule has 1 aromatic carbocycles. The summed E-state index contributed by atoms with van der Waals surface area (Å²) >= 11 is 6.08. The number of hydrogen-bond acceptors (Lipinski definition) is 5. The first-order valence-corrected chi connectivity index (χ1v) is 9.09. The van der Waals surface area contributed by atoms with E-state index < -0.39 is 17.3 Å². The van der Waals surface area contributed by atoms with E-state index in [0.717, 1.165) is 0 Å². The molecule has 0 aliphatic carbocycles. The Morgan fingerprint density at radius 1 is 1.38 bits per heavy atom. The number of aliphatic hydroxyl groups is 2. The zero-order valence-electron chi connectivity index (χ0n) is 15.0. The van der Waals surface area contributed by atoms with Crippen LogP contribution in [-0.2, 0) is 4.74 Å². The van der Waals surface area contributed by atoms with Crippen LogP contribution in [0.2, 0.25) is 5.02 Å². The molecule has 2 amide bonds. The van der Waals surface area contributed by atoms with Gasteiger partial charge in [0.2, 0.25) is 0 Å². The molecule has 0 bridgehead atoms. The van der Waals surface area contributed by atoms with Crippen molar-refractivity contribution in [3.63, 3.8) is 0 Å². The Balaban J connectivity index is 1.61. The Labute approximate surface area is 157 Å². The van der Waals surface area contributed by atoms with E-state index in [4.69, 9.17) is 21.1 Å². The van der Waals surface area contributed by atoms with Crippen LogP contribution in [0.1, 0.15) is 26.2 Å². The van der Waals surface area contributed by atoms with Crippen LogP contribution < -0.4 is 10.1 Å². The molecule has 0 saturated carbocycles. The fourth-order valence-corrected chi connectivity index (χ4v) is 3.95. The van der Waals surface area contributed by atoms with E-state index in [0.29, 0.717) is 55.4 Å². The number of rotatable bonds is 2. The Bertz CT molecular complexity index is 674. The summed E-state index contributed by atoms with van der Waals surface area (Å²) in [6, 6.07) is 4.81. The highest BCUT2D eigenvalue weighted by molar-refractivity contribution is 6.32. The van der Waals surface area contributed by atoms with Crippen molar-refractivity contribution in [3.8, 4) is 5.75 Å². The molecule has 8 heteroatoms. The minimum absolute atomic E-state index is 0.238. The molecule has 7 nitrogen and oxygen atoms in total. The van der Waals surface area contributed by atoms with Crippen molar-refractivity contribution >= 4 is 23.3 Å². The summed E-state index contributed by atoms with van der Waals surface area (Å²) in [5, 5.41) is 24.1. The molecule has 2 fully saturated rings. The van der Waals surface area contributed by atoms with Crippen LogP contribution in [0.15, 0.2) is 18.2 Å². The molecular formula is C18H25ClN2O5. The Morgan fingerprint density at radius 2 is 2.08 bits per heavy atom. The molecule has 2 aliphatic rings. The number of methoxy groups -OCH3 is 1. The standard InChI is InChI=1S/C18H25ClN2O5/c1-17(24)7-10-26-18(15(17)22)5-8-21(9-6-18)16(23)20-12-3-4-14(25-2)13(19)11-12/h3-4,11,15,22,24H,5-10H2,1-2H3,(H,20,23)/t15-,17+/m0/s1. The third-order valence-corrected chi connectivity index (χ3v) is 5.68. The summed E-state index contributed by atoms with van der Waals surface area (Å²) < 4.78 is 10.9. The van der Waals surface area contributed by atoms with Crippen molar-refractivity contribution in [1.29, 1.82) is 0 Å². The number of hydrogen-bond donors (Lipinski definition) is 3. The molecule has 1 aromatic rings. The molecule has 2 saturated heterocycles. The van der Waals surface area contributed by atoms with Crippen molar-refractivity contribution in [2.45, 2.75) is 43.5 Å². The van der Waals surface area contributed by atoms with Crippen LogP contribution in [-0.4, -0.2) is 65.3 Å². The molecular weight excluding hydrogens is 360 g/mol. The number of aliphatic hydroxyl groups excluding tert-OH is 1. The predicted octanol–water partition coefficient (Wildman–Crippen LogP) is 2.25.